The highest BCUT2D eigenvalue weighted by molar-refractivity contribution is 5.32. The number of piperazine rings is 1. The molecule has 2 N–H and O–H groups in total. The minimum absolute atomic E-state index is 0.225. The van der Waals surface area contributed by atoms with Crippen molar-refractivity contribution >= 4 is 5.95 Å². The Morgan fingerprint density at radius 1 is 1.44 bits per heavy atom. The first-order valence-corrected chi connectivity index (χ1v) is 5.46. The Morgan fingerprint density at radius 3 is 2.69 bits per heavy atom. The van der Waals surface area contributed by atoms with E-state index in [0.29, 0.717) is 5.95 Å². The fraction of sp³-hybridized carbons (Fsp3) is 0.600. The number of nitrogens with zero attached hydrogens (tertiary/aromatic N) is 3. The van der Waals surface area contributed by atoms with Gasteiger partial charge >= 0.3 is 0 Å². The van der Waals surface area contributed by atoms with Crippen LogP contribution in [0.15, 0.2) is 10.9 Å². The van der Waals surface area contributed by atoms with E-state index in [1.165, 1.54) is 0 Å². The maximum atomic E-state index is 11.2. The molecular formula is C10H16N4O2. The third-order valence-corrected chi connectivity index (χ3v) is 2.83. The van der Waals surface area contributed by atoms with E-state index in [1.54, 1.807) is 0 Å². The zero-order valence-electron chi connectivity index (χ0n) is 9.31. The first-order valence-electron chi connectivity index (χ1n) is 5.46. The molecule has 0 radical (unpaired) electrons. The lowest BCUT2D eigenvalue weighted by Crippen LogP contribution is -2.47. The molecule has 0 unspecified atom stereocenters. The lowest BCUT2D eigenvalue weighted by atomic mass is 10.3. The second kappa shape index (κ2) is 4.52. The van der Waals surface area contributed by atoms with Gasteiger partial charge in [0.15, 0.2) is 0 Å². The highest BCUT2D eigenvalue weighted by Crippen LogP contribution is 2.11. The van der Waals surface area contributed by atoms with Crippen molar-refractivity contribution in [3.63, 3.8) is 0 Å². The molecule has 16 heavy (non-hydrogen) atoms. The monoisotopic (exact) mass is 224 g/mol. The van der Waals surface area contributed by atoms with Gasteiger partial charge in [-0.25, -0.2) is 0 Å². The van der Waals surface area contributed by atoms with Crippen LogP contribution in [-0.4, -0.2) is 52.7 Å². The second-order valence-corrected chi connectivity index (χ2v) is 3.85. The number of likely N-dealkylation sites (N-methyl/N-ethyl adjacent to an activating group) is 1. The van der Waals surface area contributed by atoms with Gasteiger partial charge < -0.3 is 14.9 Å². The molecule has 1 fully saturated rings. The van der Waals surface area contributed by atoms with Gasteiger partial charge in [0.25, 0.3) is 5.56 Å². The maximum absolute atomic E-state index is 11.2. The molecule has 0 amide bonds. The Hall–Kier alpha value is -1.56. The van der Waals surface area contributed by atoms with Crippen molar-refractivity contribution in [1.82, 2.24) is 14.9 Å². The van der Waals surface area contributed by atoms with Gasteiger partial charge in [0.1, 0.15) is 0 Å². The minimum atomic E-state index is -0.319. The number of hydrogen-bond donors (Lipinski definition) is 2. The number of aromatic nitrogens is 2. The van der Waals surface area contributed by atoms with Crippen LogP contribution in [0.5, 0.6) is 5.88 Å². The predicted octanol–water partition coefficient (Wildman–Crippen LogP) is -0.383. The summed E-state index contributed by atoms with van der Waals surface area (Å²) in [6, 6.07) is 1.08. The SMILES string of the molecule is CCN1CCN(c2nc(O)cc(=O)[nH]2)CC1. The summed E-state index contributed by atoms with van der Waals surface area (Å²) in [7, 11) is 0. The minimum Gasteiger partial charge on any atom is -0.493 e. The van der Waals surface area contributed by atoms with Gasteiger partial charge in [-0.1, -0.05) is 6.92 Å². The molecule has 0 saturated carbocycles. The van der Waals surface area contributed by atoms with E-state index >= 15 is 0 Å². The van der Waals surface area contributed by atoms with Gasteiger partial charge in [-0.05, 0) is 6.54 Å². The van der Waals surface area contributed by atoms with Crippen molar-refractivity contribution in [2.45, 2.75) is 6.92 Å². The smallest absolute Gasteiger partial charge is 0.256 e. The molecule has 1 aliphatic heterocycles. The zero-order valence-corrected chi connectivity index (χ0v) is 9.31. The summed E-state index contributed by atoms with van der Waals surface area (Å²) in [5.41, 5.74) is -0.319. The maximum Gasteiger partial charge on any atom is 0.256 e. The van der Waals surface area contributed by atoms with Crippen LogP contribution in [0.2, 0.25) is 0 Å². The second-order valence-electron chi connectivity index (χ2n) is 3.85. The quantitative estimate of drug-likeness (QED) is 0.716. The van der Waals surface area contributed by atoms with Crippen molar-refractivity contribution < 1.29 is 5.11 Å². The van der Waals surface area contributed by atoms with Crippen molar-refractivity contribution in [2.24, 2.45) is 0 Å². The molecule has 0 aromatic carbocycles. The van der Waals surface area contributed by atoms with Crippen molar-refractivity contribution in [1.29, 1.82) is 0 Å². The van der Waals surface area contributed by atoms with Gasteiger partial charge in [-0.15, -0.1) is 0 Å². The third kappa shape index (κ3) is 2.33. The van der Waals surface area contributed by atoms with Crippen LogP contribution >= 0.6 is 0 Å². The Morgan fingerprint density at radius 2 is 2.12 bits per heavy atom. The molecule has 1 saturated heterocycles. The van der Waals surface area contributed by atoms with Crippen molar-refractivity contribution in [3.8, 4) is 5.88 Å². The summed E-state index contributed by atoms with van der Waals surface area (Å²) in [4.78, 5) is 22.0. The molecule has 0 bridgehead atoms. The Labute approximate surface area is 93.5 Å². The molecule has 1 aromatic heterocycles. The predicted molar refractivity (Wildman–Crippen MR) is 60.8 cm³/mol. The molecule has 6 nitrogen and oxygen atoms in total. The summed E-state index contributed by atoms with van der Waals surface area (Å²) in [6.07, 6.45) is 0. The molecule has 88 valence electrons. The van der Waals surface area contributed by atoms with Crippen LogP contribution < -0.4 is 10.5 Å². The molecule has 0 atom stereocenters. The molecule has 1 aliphatic rings. The van der Waals surface area contributed by atoms with E-state index in [0.717, 1.165) is 38.8 Å². The Balaban J connectivity index is 2.11. The molecule has 2 heterocycles. The average Bonchev–Trinajstić information content (AvgIpc) is 2.28. The van der Waals surface area contributed by atoms with Crippen LogP contribution in [0.4, 0.5) is 5.95 Å². The van der Waals surface area contributed by atoms with E-state index < -0.39 is 0 Å². The molecule has 2 rings (SSSR count). The van der Waals surface area contributed by atoms with Crippen molar-refractivity contribution in [3.05, 3.63) is 16.4 Å². The first-order chi connectivity index (χ1) is 7.69. The van der Waals surface area contributed by atoms with Gasteiger partial charge in [0, 0.05) is 26.2 Å². The summed E-state index contributed by atoms with van der Waals surface area (Å²) in [5.74, 6) is 0.234. The van der Waals surface area contributed by atoms with Crippen LogP contribution in [0.1, 0.15) is 6.92 Å². The van der Waals surface area contributed by atoms with E-state index in [1.807, 2.05) is 4.90 Å². The topological polar surface area (TPSA) is 72.5 Å². The van der Waals surface area contributed by atoms with Crippen LogP contribution in [0.25, 0.3) is 0 Å². The largest absolute Gasteiger partial charge is 0.493 e. The number of rotatable bonds is 2. The number of H-pyrrole nitrogens is 1. The lowest BCUT2D eigenvalue weighted by Gasteiger charge is -2.34. The summed E-state index contributed by atoms with van der Waals surface area (Å²) in [5, 5.41) is 9.25. The average molecular weight is 224 g/mol. The lowest BCUT2D eigenvalue weighted by molar-refractivity contribution is 0.269. The molecule has 6 heteroatoms. The number of nitrogens with one attached hydrogen (secondary N) is 1. The van der Waals surface area contributed by atoms with E-state index in [2.05, 4.69) is 21.8 Å². The number of anilines is 1. The summed E-state index contributed by atoms with van der Waals surface area (Å²) >= 11 is 0. The molecule has 1 aromatic rings. The van der Waals surface area contributed by atoms with Gasteiger partial charge in [0.2, 0.25) is 11.8 Å². The van der Waals surface area contributed by atoms with Gasteiger partial charge in [-0.2, -0.15) is 4.98 Å². The van der Waals surface area contributed by atoms with Crippen LogP contribution in [0, 0.1) is 0 Å². The Bertz CT molecular complexity index is 410. The van der Waals surface area contributed by atoms with E-state index in [4.69, 9.17) is 0 Å². The first kappa shape index (κ1) is 10.9. The third-order valence-electron chi connectivity index (χ3n) is 2.83. The number of aromatic hydroxyl groups is 1. The van der Waals surface area contributed by atoms with Crippen molar-refractivity contribution in [2.75, 3.05) is 37.6 Å². The highest BCUT2D eigenvalue weighted by Gasteiger charge is 2.17. The summed E-state index contributed by atoms with van der Waals surface area (Å²) in [6.45, 7) is 6.72. The normalized spacial score (nSPS) is 17.7. The van der Waals surface area contributed by atoms with Crippen LogP contribution in [-0.2, 0) is 0 Å². The molecular weight excluding hydrogens is 208 g/mol. The number of aromatic amines is 1. The summed E-state index contributed by atoms with van der Waals surface area (Å²) < 4.78 is 0. The van der Waals surface area contributed by atoms with Gasteiger partial charge in [0.05, 0.1) is 6.07 Å². The molecule has 0 aliphatic carbocycles. The fourth-order valence-electron chi connectivity index (χ4n) is 1.86. The molecule has 0 spiro atoms. The van der Waals surface area contributed by atoms with E-state index in [-0.39, 0.29) is 11.4 Å². The number of hydrogen-bond acceptors (Lipinski definition) is 5. The van der Waals surface area contributed by atoms with Crippen LogP contribution in [0.3, 0.4) is 0 Å². The highest BCUT2D eigenvalue weighted by atomic mass is 16.3. The van der Waals surface area contributed by atoms with E-state index in [9.17, 15) is 9.90 Å². The zero-order chi connectivity index (χ0) is 11.5. The Kier molecular flexibility index (Phi) is 3.09. The van der Waals surface area contributed by atoms with Gasteiger partial charge in [-0.3, -0.25) is 9.78 Å². The standard InChI is InChI=1S/C10H16N4O2/c1-2-13-3-5-14(6-4-13)10-11-8(15)7-9(16)12-10/h7H,2-6H2,1H3,(H2,11,12,15,16). The fourth-order valence-corrected chi connectivity index (χ4v) is 1.86.